The van der Waals surface area contributed by atoms with Crippen molar-refractivity contribution in [3.8, 4) is 5.75 Å². The summed E-state index contributed by atoms with van der Waals surface area (Å²) in [5.41, 5.74) is 1.65. The van der Waals surface area contributed by atoms with Gasteiger partial charge in [-0.1, -0.05) is 18.2 Å². The van der Waals surface area contributed by atoms with Gasteiger partial charge in [-0.2, -0.15) is 5.10 Å². The summed E-state index contributed by atoms with van der Waals surface area (Å²) < 4.78 is 9.36. The number of aliphatic hydroxyl groups excluding tert-OH is 1. The third kappa shape index (κ3) is 2.76. The van der Waals surface area contributed by atoms with Gasteiger partial charge in [0.2, 0.25) is 0 Å². The van der Waals surface area contributed by atoms with Gasteiger partial charge in [0.15, 0.2) is 5.75 Å². The maximum atomic E-state index is 13.0. The van der Waals surface area contributed by atoms with Crippen molar-refractivity contribution in [2.24, 2.45) is 14.1 Å². The highest BCUT2D eigenvalue weighted by atomic mass is 16.5. The van der Waals surface area contributed by atoms with Crippen molar-refractivity contribution in [2.45, 2.75) is 12.2 Å². The second kappa shape index (κ2) is 5.93. The number of ether oxygens (including phenoxy) is 1. The molecule has 0 bridgehead atoms. The lowest BCUT2D eigenvalue weighted by Gasteiger charge is -2.16. The molecule has 4 rings (SSSR count). The predicted octanol–water partition coefficient (Wildman–Crippen LogP) is 1.18. The van der Waals surface area contributed by atoms with Gasteiger partial charge < -0.3 is 19.3 Å². The zero-order chi connectivity index (χ0) is 17.6. The molecule has 2 aromatic heterocycles. The number of fused-ring (bicyclic) bond motifs is 1. The lowest BCUT2D eigenvalue weighted by Crippen LogP contribution is -2.31. The monoisotopic (exact) mass is 340 g/mol. The fourth-order valence-electron chi connectivity index (χ4n) is 3.36. The molecule has 1 aromatic carbocycles. The first-order valence-corrected chi connectivity index (χ1v) is 8.19. The molecule has 1 aliphatic rings. The Balaban J connectivity index is 1.54. The molecule has 130 valence electrons. The number of carbonyl (C=O) groups is 1. The maximum Gasteiger partial charge on any atom is 0.256 e. The highest BCUT2D eigenvalue weighted by Gasteiger charge is 2.36. The van der Waals surface area contributed by atoms with E-state index in [9.17, 15) is 9.90 Å². The van der Waals surface area contributed by atoms with E-state index in [1.165, 1.54) is 0 Å². The van der Waals surface area contributed by atoms with Gasteiger partial charge in [0.25, 0.3) is 5.91 Å². The van der Waals surface area contributed by atoms with Gasteiger partial charge in [0, 0.05) is 31.2 Å². The molecule has 1 saturated heterocycles. The number of likely N-dealkylation sites (tertiary alicyclic amines) is 1. The molecule has 1 N–H and O–H groups in total. The quantitative estimate of drug-likeness (QED) is 0.777. The van der Waals surface area contributed by atoms with Crippen LogP contribution in [0.3, 0.4) is 0 Å². The Kier molecular flexibility index (Phi) is 3.73. The molecule has 0 spiro atoms. The van der Waals surface area contributed by atoms with Crippen LogP contribution in [-0.2, 0) is 14.1 Å². The second-order valence-corrected chi connectivity index (χ2v) is 6.45. The highest BCUT2D eigenvalue weighted by Crippen LogP contribution is 2.25. The Labute approximate surface area is 145 Å². The normalized spacial score (nSPS) is 20.4. The molecule has 3 heterocycles. The van der Waals surface area contributed by atoms with E-state index in [0.29, 0.717) is 17.9 Å². The number of aryl methyl sites for hydroxylation is 2. The molecular formula is C18H20N4O3. The Bertz CT molecular complexity index is 929. The molecule has 0 unspecified atom stereocenters. The lowest BCUT2D eigenvalue weighted by atomic mass is 10.1. The van der Waals surface area contributed by atoms with E-state index < -0.39 is 12.2 Å². The first-order chi connectivity index (χ1) is 12.0. The van der Waals surface area contributed by atoms with E-state index in [0.717, 1.165) is 10.9 Å². The molecular weight excluding hydrogens is 320 g/mol. The molecule has 1 amide bonds. The zero-order valence-corrected chi connectivity index (χ0v) is 14.2. The van der Waals surface area contributed by atoms with Crippen LogP contribution in [0.1, 0.15) is 10.4 Å². The fourth-order valence-corrected chi connectivity index (χ4v) is 3.36. The summed E-state index contributed by atoms with van der Waals surface area (Å²) in [7, 11) is 3.72. The van der Waals surface area contributed by atoms with Crippen LogP contribution in [0.2, 0.25) is 0 Å². The molecule has 2 atom stereocenters. The largest absolute Gasteiger partial charge is 0.482 e. The molecule has 25 heavy (non-hydrogen) atoms. The van der Waals surface area contributed by atoms with Gasteiger partial charge in [0.05, 0.1) is 31.0 Å². The van der Waals surface area contributed by atoms with E-state index in [-0.39, 0.29) is 12.5 Å². The topological polar surface area (TPSA) is 72.5 Å². The third-order valence-electron chi connectivity index (χ3n) is 4.62. The SMILES string of the molecule is Cn1cc(O[C@@H]2CN(C(=O)c3cn(C)c4ccccc34)C[C@H]2O)cn1. The number of benzene rings is 1. The number of amides is 1. The van der Waals surface area contributed by atoms with Crippen LogP contribution in [0.25, 0.3) is 10.9 Å². The van der Waals surface area contributed by atoms with Crippen LogP contribution < -0.4 is 4.74 Å². The number of para-hydroxylation sites is 1. The first-order valence-electron chi connectivity index (χ1n) is 8.19. The molecule has 0 radical (unpaired) electrons. The second-order valence-electron chi connectivity index (χ2n) is 6.45. The summed E-state index contributed by atoms with van der Waals surface area (Å²) in [6.45, 7) is 0.602. The highest BCUT2D eigenvalue weighted by molar-refractivity contribution is 6.07. The van der Waals surface area contributed by atoms with Crippen molar-refractivity contribution in [1.29, 1.82) is 0 Å². The Morgan fingerprint density at radius 1 is 1.24 bits per heavy atom. The van der Waals surface area contributed by atoms with Gasteiger partial charge in [-0.05, 0) is 6.07 Å². The predicted molar refractivity (Wildman–Crippen MR) is 92.5 cm³/mol. The molecule has 0 aliphatic carbocycles. The minimum Gasteiger partial charge on any atom is -0.482 e. The summed E-state index contributed by atoms with van der Waals surface area (Å²) in [6, 6.07) is 7.80. The van der Waals surface area contributed by atoms with Crippen molar-refractivity contribution < 1.29 is 14.6 Å². The van der Waals surface area contributed by atoms with E-state index in [4.69, 9.17) is 4.74 Å². The minimum atomic E-state index is -0.723. The number of carbonyl (C=O) groups excluding carboxylic acids is 1. The van der Waals surface area contributed by atoms with Crippen molar-refractivity contribution in [3.05, 3.63) is 48.4 Å². The summed E-state index contributed by atoms with van der Waals surface area (Å²) >= 11 is 0. The average Bonchev–Trinajstić information content (AvgIpc) is 3.27. The van der Waals surface area contributed by atoms with Crippen molar-refractivity contribution in [3.63, 3.8) is 0 Å². The fraction of sp³-hybridized carbons (Fsp3) is 0.333. The van der Waals surface area contributed by atoms with Gasteiger partial charge >= 0.3 is 0 Å². The zero-order valence-electron chi connectivity index (χ0n) is 14.2. The number of hydrogen-bond donors (Lipinski definition) is 1. The van der Waals surface area contributed by atoms with E-state index in [2.05, 4.69) is 5.10 Å². The maximum absolute atomic E-state index is 13.0. The molecule has 7 nitrogen and oxygen atoms in total. The number of hydrogen-bond acceptors (Lipinski definition) is 4. The number of aliphatic hydroxyl groups is 1. The van der Waals surface area contributed by atoms with E-state index >= 15 is 0 Å². The summed E-state index contributed by atoms with van der Waals surface area (Å²) in [6.07, 6.45) is 4.00. The van der Waals surface area contributed by atoms with Crippen LogP contribution >= 0.6 is 0 Å². The van der Waals surface area contributed by atoms with Crippen molar-refractivity contribution in [1.82, 2.24) is 19.2 Å². The Morgan fingerprint density at radius 2 is 2.04 bits per heavy atom. The molecule has 1 fully saturated rings. The summed E-state index contributed by atoms with van der Waals surface area (Å²) in [5.74, 6) is 0.499. The van der Waals surface area contributed by atoms with Crippen LogP contribution in [0, 0.1) is 0 Å². The number of rotatable bonds is 3. The summed E-state index contributed by atoms with van der Waals surface area (Å²) in [4.78, 5) is 14.6. The van der Waals surface area contributed by atoms with Crippen LogP contribution in [-0.4, -0.2) is 55.6 Å². The molecule has 1 aliphatic heterocycles. The smallest absolute Gasteiger partial charge is 0.256 e. The third-order valence-corrected chi connectivity index (χ3v) is 4.62. The van der Waals surface area contributed by atoms with E-state index in [1.807, 2.05) is 42.1 Å². The van der Waals surface area contributed by atoms with Gasteiger partial charge in [-0.25, -0.2) is 0 Å². The number of aromatic nitrogens is 3. The van der Waals surface area contributed by atoms with Gasteiger partial charge in [-0.15, -0.1) is 0 Å². The molecule has 0 saturated carbocycles. The van der Waals surface area contributed by atoms with E-state index in [1.54, 1.807) is 29.0 Å². The lowest BCUT2D eigenvalue weighted by molar-refractivity contribution is 0.0729. The average molecular weight is 340 g/mol. The Hall–Kier alpha value is -2.80. The van der Waals surface area contributed by atoms with Crippen LogP contribution in [0.15, 0.2) is 42.9 Å². The minimum absolute atomic E-state index is 0.0897. The van der Waals surface area contributed by atoms with Crippen LogP contribution in [0.5, 0.6) is 5.75 Å². The standard InChI is InChI=1S/C18H20N4O3/c1-20-9-14(13-5-3-4-6-15(13)20)18(24)22-10-16(23)17(11-22)25-12-7-19-21(2)8-12/h3-9,16-17,23H,10-11H2,1-2H3/t16-,17-/m1/s1. The summed E-state index contributed by atoms with van der Waals surface area (Å²) in [5, 5.41) is 15.3. The van der Waals surface area contributed by atoms with Gasteiger partial charge in [0.1, 0.15) is 12.2 Å². The van der Waals surface area contributed by atoms with Crippen molar-refractivity contribution in [2.75, 3.05) is 13.1 Å². The molecule has 3 aromatic rings. The number of nitrogens with zero attached hydrogens (tertiary/aromatic N) is 4. The first kappa shape index (κ1) is 15.7. The molecule has 7 heteroatoms. The van der Waals surface area contributed by atoms with Gasteiger partial charge in [-0.3, -0.25) is 9.48 Å². The Morgan fingerprint density at radius 3 is 2.80 bits per heavy atom. The van der Waals surface area contributed by atoms with Crippen molar-refractivity contribution >= 4 is 16.8 Å². The van der Waals surface area contributed by atoms with Crippen LogP contribution in [0.4, 0.5) is 0 Å². The number of β-amino-alcohol motifs (C(OH)–C–C–N with tert-alkyl or cyclic N) is 1.